The minimum Gasteiger partial charge on any atom is -0.478 e. The summed E-state index contributed by atoms with van der Waals surface area (Å²) in [6.45, 7) is 1.70. The Labute approximate surface area is 95.0 Å². The van der Waals surface area contributed by atoms with Crippen LogP contribution in [0.25, 0.3) is 0 Å². The van der Waals surface area contributed by atoms with E-state index in [-0.39, 0.29) is 0 Å². The number of hydrogen-bond acceptors (Lipinski definition) is 5. The Hall–Kier alpha value is -1.36. The van der Waals surface area contributed by atoms with E-state index in [1.807, 2.05) is 6.07 Å². The van der Waals surface area contributed by atoms with E-state index in [1.54, 1.807) is 7.11 Å². The van der Waals surface area contributed by atoms with Crippen LogP contribution in [0.5, 0.6) is 5.88 Å². The summed E-state index contributed by atoms with van der Waals surface area (Å²) in [5.41, 5.74) is 7.28. The maximum absolute atomic E-state index is 5.78. The summed E-state index contributed by atoms with van der Waals surface area (Å²) in [4.78, 5) is 0. The Kier molecular flexibility index (Phi) is 3.56. The predicted octanol–water partition coefficient (Wildman–Crippen LogP) is 1.04. The topological polar surface area (TPSA) is 70.3 Å². The van der Waals surface area contributed by atoms with E-state index in [4.69, 9.17) is 15.2 Å². The third-order valence-electron chi connectivity index (χ3n) is 2.87. The average molecular weight is 223 g/mol. The number of nitrogens with zero attached hydrogens (tertiary/aromatic N) is 2. The summed E-state index contributed by atoms with van der Waals surface area (Å²) in [6, 6.07) is 1.85. The highest BCUT2D eigenvalue weighted by atomic mass is 16.5. The average Bonchev–Trinajstić information content (AvgIpc) is 2.31. The van der Waals surface area contributed by atoms with Crippen LogP contribution >= 0.6 is 0 Å². The van der Waals surface area contributed by atoms with Gasteiger partial charge in [0.25, 0.3) is 5.88 Å². The lowest BCUT2D eigenvalue weighted by Crippen LogP contribution is -2.18. The Morgan fingerprint density at radius 2 is 2.19 bits per heavy atom. The molecular weight excluding hydrogens is 206 g/mol. The maximum Gasteiger partial charge on any atom is 0.256 e. The monoisotopic (exact) mass is 223 g/mol. The van der Waals surface area contributed by atoms with Gasteiger partial charge >= 0.3 is 0 Å². The third-order valence-corrected chi connectivity index (χ3v) is 2.87. The molecule has 0 aromatic carbocycles. The number of rotatable bonds is 3. The molecule has 1 aliphatic heterocycles. The summed E-state index contributed by atoms with van der Waals surface area (Å²) in [5, 5.41) is 8.04. The number of aromatic nitrogens is 2. The van der Waals surface area contributed by atoms with Gasteiger partial charge in [-0.15, -0.1) is 5.10 Å². The fourth-order valence-electron chi connectivity index (χ4n) is 1.94. The summed E-state index contributed by atoms with van der Waals surface area (Å²) in [5.74, 6) is 1.03. The fraction of sp³-hybridized carbons (Fsp3) is 0.636. The number of nitrogen functional groups attached to an aromatic ring is 1. The van der Waals surface area contributed by atoms with Crippen LogP contribution < -0.4 is 10.5 Å². The van der Waals surface area contributed by atoms with Crippen LogP contribution in [0.4, 0.5) is 5.69 Å². The van der Waals surface area contributed by atoms with E-state index in [2.05, 4.69) is 10.2 Å². The quantitative estimate of drug-likeness (QED) is 0.829. The van der Waals surface area contributed by atoms with Gasteiger partial charge in [-0.1, -0.05) is 0 Å². The largest absolute Gasteiger partial charge is 0.478 e. The fourth-order valence-corrected chi connectivity index (χ4v) is 1.94. The van der Waals surface area contributed by atoms with Crippen molar-refractivity contribution in [2.24, 2.45) is 5.92 Å². The van der Waals surface area contributed by atoms with Crippen LogP contribution in [-0.4, -0.2) is 30.5 Å². The van der Waals surface area contributed by atoms with Gasteiger partial charge in [-0.3, -0.25) is 0 Å². The second kappa shape index (κ2) is 5.12. The first-order chi connectivity index (χ1) is 7.79. The zero-order valence-corrected chi connectivity index (χ0v) is 9.48. The molecular formula is C11H17N3O2. The van der Waals surface area contributed by atoms with E-state index >= 15 is 0 Å². The van der Waals surface area contributed by atoms with Crippen LogP contribution in [0.15, 0.2) is 6.07 Å². The molecule has 0 atom stereocenters. The van der Waals surface area contributed by atoms with Gasteiger partial charge in [0.1, 0.15) is 0 Å². The van der Waals surface area contributed by atoms with Crippen LogP contribution in [0.1, 0.15) is 18.5 Å². The van der Waals surface area contributed by atoms with Crippen molar-refractivity contribution in [1.82, 2.24) is 10.2 Å². The molecule has 0 saturated carbocycles. The van der Waals surface area contributed by atoms with Gasteiger partial charge in [0, 0.05) is 13.2 Å². The zero-order valence-electron chi connectivity index (χ0n) is 9.48. The van der Waals surface area contributed by atoms with Crippen LogP contribution in [-0.2, 0) is 11.2 Å². The maximum atomic E-state index is 5.78. The van der Waals surface area contributed by atoms with E-state index in [0.717, 1.165) is 38.2 Å². The Morgan fingerprint density at radius 1 is 1.44 bits per heavy atom. The number of methoxy groups -OCH3 is 1. The summed E-state index contributed by atoms with van der Waals surface area (Å²) >= 11 is 0. The second-order valence-corrected chi connectivity index (χ2v) is 4.06. The summed E-state index contributed by atoms with van der Waals surface area (Å²) in [7, 11) is 1.54. The molecule has 5 nitrogen and oxygen atoms in total. The normalized spacial score (nSPS) is 17.3. The van der Waals surface area contributed by atoms with Crippen molar-refractivity contribution in [3.63, 3.8) is 0 Å². The molecule has 0 amide bonds. The molecule has 5 heteroatoms. The van der Waals surface area contributed by atoms with Gasteiger partial charge in [0.2, 0.25) is 0 Å². The SMILES string of the molecule is COc1nnc(CC2CCOCC2)cc1N. The summed E-state index contributed by atoms with van der Waals surface area (Å²) in [6.07, 6.45) is 3.10. The molecule has 1 aromatic heterocycles. The van der Waals surface area contributed by atoms with E-state index in [9.17, 15) is 0 Å². The molecule has 2 rings (SSSR count). The van der Waals surface area contributed by atoms with Crippen molar-refractivity contribution in [3.05, 3.63) is 11.8 Å². The molecule has 0 spiro atoms. The predicted molar refractivity (Wildman–Crippen MR) is 60.2 cm³/mol. The molecule has 0 aliphatic carbocycles. The summed E-state index contributed by atoms with van der Waals surface area (Å²) < 4.78 is 10.3. The van der Waals surface area contributed by atoms with Crippen molar-refractivity contribution in [3.8, 4) is 5.88 Å². The molecule has 88 valence electrons. The molecule has 1 aromatic rings. The van der Waals surface area contributed by atoms with E-state index in [0.29, 0.717) is 17.5 Å². The molecule has 2 N–H and O–H groups in total. The second-order valence-electron chi connectivity index (χ2n) is 4.06. The van der Waals surface area contributed by atoms with E-state index in [1.165, 1.54) is 0 Å². The Morgan fingerprint density at radius 3 is 2.81 bits per heavy atom. The third kappa shape index (κ3) is 2.61. The number of nitrogens with two attached hydrogens (primary N) is 1. The van der Waals surface area contributed by atoms with Crippen molar-refractivity contribution < 1.29 is 9.47 Å². The molecule has 0 unspecified atom stereocenters. The van der Waals surface area contributed by atoms with Crippen molar-refractivity contribution in [1.29, 1.82) is 0 Å². The molecule has 1 fully saturated rings. The first-order valence-electron chi connectivity index (χ1n) is 5.53. The van der Waals surface area contributed by atoms with Gasteiger partial charge in [-0.2, -0.15) is 5.10 Å². The smallest absolute Gasteiger partial charge is 0.256 e. The van der Waals surface area contributed by atoms with Crippen molar-refractivity contribution in [2.45, 2.75) is 19.3 Å². The van der Waals surface area contributed by atoms with Gasteiger partial charge in [-0.25, -0.2) is 0 Å². The van der Waals surface area contributed by atoms with Gasteiger partial charge in [0.05, 0.1) is 18.5 Å². The lowest BCUT2D eigenvalue weighted by Gasteiger charge is -2.21. The molecule has 1 aliphatic rings. The number of anilines is 1. The number of hydrogen-bond donors (Lipinski definition) is 1. The lowest BCUT2D eigenvalue weighted by atomic mass is 9.95. The first kappa shape index (κ1) is 11.1. The molecule has 2 heterocycles. The molecule has 16 heavy (non-hydrogen) atoms. The highest BCUT2D eigenvalue weighted by Gasteiger charge is 2.16. The number of ether oxygens (including phenoxy) is 2. The van der Waals surface area contributed by atoms with Gasteiger partial charge in [-0.05, 0) is 31.2 Å². The van der Waals surface area contributed by atoms with Crippen LogP contribution in [0, 0.1) is 5.92 Å². The Bertz CT molecular complexity index is 351. The standard InChI is InChI=1S/C11H17N3O2/c1-15-11-10(12)7-9(13-14-11)6-8-2-4-16-5-3-8/h7-8H,2-6H2,1H3,(H2,12,13). The molecule has 1 saturated heterocycles. The van der Waals surface area contributed by atoms with Crippen molar-refractivity contribution >= 4 is 5.69 Å². The van der Waals surface area contributed by atoms with Gasteiger partial charge < -0.3 is 15.2 Å². The van der Waals surface area contributed by atoms with Crippen molar-refractivity contribution in [2.75, 3.05) is 26.1 Å². The highest BCUT2D eigenvalue weighted by molar-refractivity contribution is 5.47. The Balaban J connectivity index is 2.01. The first-order valence-corrected chi connectivity index (χ1v) is 5.53. The van der Waals surface area contributed by atoms with Gasteiger partial charge in [0.15, 0.2) is 0 Å². The highest BCUT2D eigenvalue weighted by Crippen LogP contribution is 2.22. The van der Waals surface area contributed by atoms with Crippen LogP contribution in [0.3, 0.4) is 0 Å². The zero-order chi connectivity index (χ0) is 11.4. The molecule has 0 bridgehead atoms. The minimum absolute atomic E-state index is 0.399. The molecule has 0 radical (unpaired) electrons. The lowest BCUT2D eigenvalue weighted by molar-refractivity contribution is 0.0662. The minimum atomic E-state index is 0.399. The van der Waals surface area contributed by atoms with E-state index < -0.39 is 0 Å². The van der Waals surface area contributed by atoms with Crippen LogP contribution in [0.2, 0.25) is 0 Å².